The summed E-state index contributed by atoms with van der Waals surface area (Å²) in [6.45, 7) is 4.09. The van der Waals surface area contributed by atoms with Crippen molar-refractivity contribution in [1.82, 2.24) is 4.98 Å². The van der Waals surface area contributed by atoms with Gasteiger partial charge in [0, 0.05) is 28.2 Å². The Bertz CT molecular complexity index is 1050. The van der Waals surface area contributed by atoms with Gasteiger partial charge in [-0.15, -0.1) is 0 Å². The van der Waals surface area contributed by atoms with Gasteiger partial charge in [0.1, 0.15) is 0 Å². The van der Waals surface area contributed by atoms with E-state index in [2.05, 4.69) is 10.3 Å². The van der Waals surface area contributed by atoms with Gasteiger partial charge in [-0.05, 0) is 41.3 Å². The van der Waals surface area contributed by atoms with E-state index in [0.29, 0.717) is 16.2 Å². The zero-order valence-corrected chi connectivity index (χ0v) is 15.3. The van der Waals surface area contributed by atoms with Crippen molar-refractivity contribution in [3.63, 3.8) is 0 Å². The number of carbonyl (C=O) groups excluding carboxylic acids is 1. The quantitative estimate of drug-likeness (QED) is 0.641. The molecule has 26 heavy (non-hydrogen) atoms. The Morgan fingerprint density at radius 2 is 1.92 bits per heavy atom. The third-order valence-electron chi connectivity index (χ3n) is 4.08. The van der Waals surface area contributed by atoms with Crippen LogP contribution in [0, 0.1) is 0 Å². The highest BCUT2D eigenvalue weighted by molar-refractivity contribution is 6.32. The van der Waals surface area contributed by atoms with E-state index in [9.17, 15) is 9.59 Å². The second-order valence-electron chi connectivity index (χ2n) is 6.35. The molecule has 4 nitrogen and oxygen atoms in total. The molecule has 0 saturated carbocycles. The first-order chi connectivity index (χ1) is 12.4. The largest absolute Gasteiger partial charge is 0.322 e. The molecule has 1 amide bonds. The molecule has 0 radical (unpaired) electrons. The maximum atomic E-state index is 12.2. The molecular formula is C21H19ClN2O2. The molecule has 2 aromatic carbocycles. The third-order valence-corrected chi connectivity index (χ3v) is 4.43. The maximum Gasteiger partial charge on any atom is 0.248 e. The molecule has 1 heterocycles. The monoisotopic (exact) mass is 366 g/mol. The summed E-state index contributed by atoms with van der Waals surface area (Å²) >= 11 is 6.07. The van der Waals surface area contributed by atoms with Crippen LogP contribution in [0.2, 0.25) is 5.02 Å². The van der Waals surface area contributed by atoms with Crippen molar-refractivity contribution in [2.45, 2.75) is 19.8 Å². The first kappa shape index (κ1) is 18.0. The van der Waals surface area contributed by atoms with Gasteiger partial charge in [-0.1, -0.05) is 49.7 Å². The number of benzene rings is 2. The van der Waals surface area contributed by atoms with Crippen molar-refractivity contribution in [1.29, 1.82) is 0 Å². The Balaban J connectivity index is 1.84. The van der Waals surface area contributed by atoms with Crippen molar-refractivity contribution in [2.75, 3.05) is 5.32 Å². The van der Waals surface area contributed by atoms with E-state index in [4.69, 9.17) is 11.6 Å². The predicted molar refractivity (Wildman–Crippen MR) is 108 cm³/mol. The molecular weight excluding hydrogens is 348 g/mol. The molecule has 0 atom stereocenters. The Hall–Kier alpha value is -2.85. The molecule has 2 N–H and O–H groups in total. The molecule has 3 rings (SSSR count). The standard InChI is InChI=1S/C21H19ClN2O2/c1-13(2)17-12-21(26)24-19-11-15(8-9-16(17)19)23-20(25)10-7-14-5-3-4-6-18(14)22/h3-13H,1-2H3,(H,23,25)(H,24,26)/b10-7+. The Labute approximate surface area is 156 Å². The van der Waals surface area contributed by atoms with E-state index < -0.39 is 0 Å². The lowest BCUT2D eigenvalue weighted by atomic mass is 9.99. The van der Waals surface area contributed by atoms with Crippen LogP contribution >= 0.6 is 11.6 Å². The topological polar surface area (TPSA) is 62.0 Å². The van der Waals surface area contributed by atoms with E-state index >= 15 is 0 Å². The van der Waals surface area contributed by atoms with E-state index in [-0.39, 0.29) is 17.4 Å². The molecule has 1 aromatic heterocycles. The van der Waals surface area contributed by atoms with Gasteiger partial charge in [-0.2, -0.15) is 0 Å². The summed E-state index contributed by atoms with van der Waals surface area (Å²) in [7, 11) is 0. The molecule has 0 saturated heterocycles. The zero-order chi connectivity index (χ0) is 18.7. The summed E-state index contributed by atoms with van der Waals surface area (Å²) in [6.07, 6.45) is 3.09. The van der Waals surface area contributed by atoms with Crippen LogP contribution in [0.15, 0.2) is 59.4 Å². The van der Waals surface area contributed by atoms with Crippen LogP contribution in [0.1, 0.15) is 30.9 Å². The van der Waals surface area contributed by atoms with E-state index in [1.54, 1.807) is 24.3 Å². The first-order valence-corrected chi connectivity index (χ1v) is 8.72. The van der Waals surface area contributed by atoms with Gasteiger partial charge in [-0.3, -0.25) is 9.59 Å². The summed E-state index contributed by atoms with van der Waals surface area (Å²) in [5, 5.41) is 4.36. The highest BCUT2D eigenvalue weighted by atomic mass is 35.5. The fourth-order valence-electron chi connectivity index (χ4n) is 2.80. The van der Waals surface area contributed by atoms with E-state index in [1.807, 2.05) is 44.2 Å². The van der Waals surface area contributed by atoms with Crippen LogP contribution in [0.4, 0.5) is 5.69 Å². The minimum Gasteiger partial charge on any atom is -0.322 e. The van der Waals surface area contributed by atoms with Crippen LogP contribution in [0.5, 0.6) is 0 Å². The van der Waals surface area contributed by atoms with Crippen LogP contribution in [0.25, 0.3) is 17.0 Å². The lowest BCUT2D eigenvalue weighted by Gasteiger charge is -2.11. The highest BCUT2D eigenvalue weighted by Gasteiger charge is 2.08. The summed E-state index contributed by atoms with van der Waals surface area (Å²) in [5.74, 6) is -0.0366. The van der Waals surface area contributed by atoms with Crippen molar-refractivity contribution in [2.24, 2.45) is 0 Å². The number of pyridine rings is 1. The summed E-state index contributed by atoms with van der Waals surface area (Å²) < 4.78 is 0. The van der Waals surface area contributed by atoms with Gasteiger partial charge >= 0.3 is 0 Å². The van der Waals surface area contributed by atoms with Gasteiger partial charge < -0.3 is 10.3 Å². The number of hydrogen-bond acceptors (Lipinski definition) is 2. The van der Waals surface area contributed by atoms with Gasteiger partial charge in [0.15, 0.2) is 0 Å². The molecule has 0 aliphatic rings. The SMILES string of the molecule is CC(C)c1cc(=O)[nH]c2cc(NC(=O)/C=C/c3ccccc3Cl)ccc12. The number of halogens is 1. The lowest BCUT2D eigenvalue weighted by Crippen LogP contribution is -2.10. The average molecular weight is 367 g/mol. The van der Waals surface area contributed by atoms with E-state index in [1.165, 1.54) is 6.08 Å². The maximum absolute atomic E-state index is 12.2. The predicted octanol–water partition coefficient (Wildman–Crippen LogP) is 4.96. The van der Waals surface area contributed by atoms with Gasteiger partial charge in [0.05, 0.1) is 5.52 Å². The number of anilines is 1. The van der Waals surface area contributed by atoms with Crippen LogP contribution < -0.4 is 10.9 Å². The number of hydrogen-bond donors (Lipinski definition) is 2. The Morgan fingerprint density at radius 3 is 2.65 bits per heavy atom. The second kappa shape index (κ2) is 7.58. The highest BCUT2D eigenvalue weighted by Crippen LogP contribution is 2.25. The van der Waals surface area contributed by atoms with Crippen molar-refractivity contribution in [3.8, 4) is 0 Å². The fraction of sp³-hybridized carbons (Fsp3) is 0.143. The smallest absolute Gasteiger partial charge is 0.248 e. The average Bonchev–Trinajstić information content (AvgIpc) is 2.60. The number of aromatic nitrogens is 1. The van der Waals surface area contributed by atoms with Crippen LogP contribution in [0.3, 0.4) is 0 Å². The molecule has 0 unspecified atom stereocenters. The van der Waals surface area contributed by atoms with Gasteiger partial charge in [0.25, 0.3) is 0 Å². The molecule has 132 valence electrons. The number of amides is 1. The molecule has 0 aliphatic heterocycles. The Kier molecular flexibility index (Phi) is 5.24. The van der Waals surface area contributed by atoms with E-state index in [0.717, 1.165) is 16.5 Å². The molecule has 0 spiro atoms. The fourth-order valence-corrected chi connectivity index (χ4v) is 3.00. The number of rotatable bonds is 4. The molecule has 0 aliphatic carbocycles. The number of carbonyl (C=O) groups is 1. The number of H-pyrrole nitrogens is 1. The first-order valence-electron chi connectivity index (χ1n) is 8.34. The summed E-state index contributed by atoms with van der Waals surface area (Å²) in [5.41, 5.74) is 2.93. The minimum absolute atomic E-state index is 0.150. The molecule has 3 aromatic rings. The number of aromatic amines is 1. The lowest BCUT2D eigenvalue weighted by molar-refractivity contribution is -0.111. The minimum atomic E-state index is -0.272. The normalized spacial score (nSPS) is 11.4. The van der Waals surface area contributed by atoms with Gasteiger partial charge in [-0.25, -0.2) is 0 Å². The van der Waals surface area contributed by atoms with Crippen molar-refractivity contribution in [3.05, 3.63) is 81.1 Å². The third kappa shape index (κ3) is 4.03. The summed E-state index contributed by atoms with van der Waals surface area (Å²) in [6, 6.07) is 14.4. The summed E-state index contributed by atoms with van der Waals surface area (Å²) in [4.78, 5) is 26.9. The zero-order valence-electron chi connectivity index (χ0n) is 14.5. The van der Waals surface area contributed by atoms with Crippen LogP contribution in [-0.4, -0.2) is 10.9 Å². The molecule has 0 fully saturated rings. The second-order valence-corrected chi connectivity index (χ2v) is 6.76. The van der Waals surface area contributed by atoms with Crippen molar-refractivity contribution < 1.29 is 4.79 Å². The van der Waals surface area contributed by atoms with Crippen molar-refractivity contribution >= 4 is 40.2 Å². The Morgan fingerprint density at radius 1 is 1.15 bits per heavy atom. The number of nitrogens with one attached hydrogen (secondary N) is 2. The van der Waals surface area contributed by atoms with Gasteiger partial charge in [0.2, 0.25) is 11.5 Å². The molecule has 0 bridgehead atoms. The van der Waals surface area contributed by atoms with Crippen LogP contribution in [-0.2, 0) is 4.79 Å². The number of fused-ring (bicyclic) bond motifs is 1. The molecule has 5 heteroatoms.